The lowest BCUT2D eigenvalue weighted by Gasteiger charge is -2.20. The molecule has 158 valence electrons. The zero-order chi connectivity index (χ0) is 21.3. The van der Waals surface area contributed by atoms with E-state index in [1.54, 1.807) is 13.1 Å². The number of methoxy groups -OCH3 is 1. The minimum absolute atomic E-state index is 0.0230. The van der Waals surface area contributed by atoms with Gasteiger partial charge in [-0.05, 0) is 43.2 Å². The molecular weight excluding hydrogens is 404 g/mol. The van der Waals surface area contributed by atoms with Crippen molar-refractivity contribution in [3.63, 3.8) is 0 Å². The molecule has 9 heteroatoms. The first-order chi connectivity index (χ1) is 14.4. The van der Waals surface area contributed by atoms with Gasteiger partial charge in [-0.15, -0.1) is 0 Å². The van der Waals surface area contributed by atoms with E-state index in [4.69, 9.17) is 4.74 Å². The Balaban J connectivity index is 1.60. The summed E-state index contributed by atoms with van der Waals surface area (Å²) in [5.74, 6) is 0.597. The van der Waals surface area contributed by atoms with Crippen LogP contribution >= 0.6 is 0 Å². The lowest BCUT2D eigenvalue weighted by atomic mass is 10.2. The molecule has 1 aromatic heterocycles. The van der Waals surface area contributed by atoms with Crippen LogP contribution in [0.4, 0.5) is 0 Å². The molecule has 2 heterocycles. The summed E-state index contributed by atoms with van der Waals surface area (Å²) in [7, 11) is -0.635. The highest BCUT2D eigenvalue weighted by molar-refractivity contribution is 7.89. The number of sulfonamides is 1. The number of ether oxygens (including phenoxy) is 1. The van der Waals surface area contributed by atoms with Crippen molar-refractivity contribution >= 4 is 27.0 Å². The number of hydrogen-bond donors (Lipinski definition) is 1. The van der Waals surface area contributed by atoms with E-state index in [9.17, 15) is 13.2 Å². The van der Waals surface area contributed by atoms with Gasteiger partial charge in [0.15, 0.2) is 0 Å². The van der Waals surface area contributed by atoms with E-state index >= 15 is 0 Å². The molecule has 4 rings (SSSR count). The van der Waals surface area contributed by atoms with Gasteiger partial charge >= 0.3 is 0 Å². The molecule has 1 aliphatic heterocycles. The van der Waals surface area contributed by atoms with Crippen molar-refractivity contribution in [3.8, 4) is 5.75 Å². The van der Waals surface area contributed by atoms with Gasteiger partial charge in [-0.2, -0.15) is 4.31 Å². The van der Waals surface area contributed by atoms with Gasteiger partial charge in [-0.1, -0.05) is 12.1 Å². The maximum absolute atomic E-state index is 13.1. The van der Waals surface area contributed by atoms with E-state index in [1.807, 2.05) is 24.3 Å². The van der Waals surface area contributed by atoms with E-state index in [2.05, 4.69) is 9.97 Å². The zero-order valence-electron chi connectivity index (χ0n) is 17.0. The molecule has 1 aliphatic rings. The van der Waals surface area contributed by atoms with Crippen LogP contribution in [0.25, 0.3) is 11.0 Å². The molecule has 8 nitrogen and oxygen atoms in total. The number of para-hydroxylation sites is 2. The highest BCUT2D eigenvalue weighted by Gasteiger charge is 2.31. The molecule has 1 N–H and O–H groups in total. The van der Waals surface area contributed by atoms with Gasteiger partial charge < -0.3 is 14.6 Å². The van der Waals surface area contributed by atoms with E-state index in [1.165, 1.54) is 28.4 Å². The van der Waals surface area contributed by atoms with Crippen LogP contribution in [0.15, 0.2) is 47.4 Å². The Kier molecular flexibility index (Phi) is 5.48. The van der Waals surface area contributed by atoms with E-state index in [0.29, 0.717) is 18.9 Å². The molecule has 1 fully saturated rings. The summed E-state index contributed by atoms with van der Waals surface area (Å²) in [6, 6.07) is 12.2. The molecule has 0 unspecified atom stereocenters. The second kappa shape index (κ2) is 8.08. The smallest absolute Gasteiger partial charge is 0.254 e. The second-order valence-corrected chi connectivity index (χ2v) is 9.25. The summed E-state index contributed by atoms with van der Waals surface area (Å²) >= 11 is 0. The fourth-order valence-corrected chi connectivity index (χ4v) is 5.37. The molecule has 30 heavy (non-hydrogen) atoms. The monoisotopic (exact) mass is 428 g/mol. The highest BCUT2D eigenvalue weighted by Crippen LogP contribution is 2.30. The number of aromatic amines is 1. The predicted octanol–water partition coefficient (Wildman–Crippen LogP) is 2.63. The standard InChI is InChI=1S/C21H24N4O4S/c1-24(14-20-22-16-7-3-4-8-17(16)23-20)21(26)15-9-10-18(29-2)19(13-15)30(27,28)25-11-5-6-12-25/h3-4,7-10,13H,5-6,11-12,14H2,1-2H3,(H,22,23). The van der Waals surface area contributed by atoms with Crippen molar-refractivity contribution in [2.45, 2.75) is 24.3 Å². The van der Waals surface area contributed by atoms with Gasteiger partial charge in [-0.25, -0.2) is 13.4 Å². The average molecular weight is 429 g/mol. The third-order valence-corrected chi connectivity index (χ3v) is 7.19. The molecular formula is C21H24N4O4S. The Labute approximate surface area is 175 Å². The lowest BCUT2D eigenvalue weighted by molar-refractivity contribution is 0.0781. The largest absolute Gasteiger partial charge is 0.495 e. The summed E-state index contributed by atoms with van der Waals surface area (Å²) in [5.41, 5.74) is 2.01. The summed E-state index contributed by atoms with van der Waals surface area (Å²) in [6.45, 7) is 1.24. The Morgan fingerprint density at radius 3 is 2.63 bits per heavy atom. The van der Waals surface area contributed by atoms with Crippen LogP contribution in [-0.2, 0) is 16.6 Å². The number of amides is 1. The first kappa shape index (κ1) is 20.4. The van der Waals surface area contributed by atoms with Crippen LogP contribution in [0.1, 0.15) is 29.0 Å². The normalized spacial score (nSPS) is 14.9. The van der Waals surface area contributed by atoms with Gasteiger partial charge in [0.25, 0.3) is 5.91 Å². The molecule has 0 bridgehead atoms. The van der Waals surface area contributed by atoms with E-state index < -0.39 is 10.0 Å². The quantitative estimate of drug-likeness (QED) is 0.651. The summed E-state index contributed by atoms with van der Waals surface area (Å²) < 4.78 is 32.8. The number of H-pyrrole nitrogens is 1. The van der Waals surface area contributed by atoms with Gasteiger partial charge in [0, 0.05) is 25.7 Å². The topological polar surface area (TPSA) is 95.6 Å². The molecule has 1 saturated heterocycles. The number of aromatic nitrogens is 2. The Bertz CT molecular complexity index is 1150. The van der Waals surface area contributed by atoms with Crippen molar-refractivity contribution in [1.29, 1.82) is 0 Å². The number of nitrogens with one attached hydrogen (secondary N) is 1. The number of imidazole rings is 1. The molecule has 2 aromatic carbocycles. The van der Waals surface area contributed by atoms with Crippen LogP contribution in [-0.4, -0.2) is 60.7 Å². The van der Waals surface area contributed by atoms with E-state index in [-0.39, 0.29) is 28.7 Å². The Morgan fingerprint density at radius 2 is 1.93 bits per heavy atom. The molecule has 0 saturated carbocycles. The van der Waals surface area contributed by atoms with Gasteiger partial charge in [0.05, 0.1) is 24.7 Å². The maximum atomic E-state index is 13.1. The third kappa shape index (κ3) is 3.78. The van der Waals surface area contributed by atoms with Crippen molar-refractivity contribution < 1.29 is 17.9 Å². The number of rotatable bonds is 6. The lowest BCUT2D eigenvalue weighted by Crippen LogP contribution is -2.29. The zero-order valence-corrected chi connectivity index (χ0v) is 17.8. The molecule has 3 aromatic rings. The Morgan fingerprint density at radius 1 is 1.20 bits per heavy atom. The Hall–Kier alpha value is -2.91. The minimum Gasteiger partial charge on any atom is -0.495 e. The molecule has 0 aliphatic carbocycles. The minimum atomic E-state index is -3.72. The van der Waals surface area contributed by atoms with Gasteiger partial charge in [-0.3, -0.25) is 4.79 Å². The number of carbonyl (C=O) groups excluding carboxylic acids is 1. The number of carbonyl (C=O) groups is 1. The van der Waals surface area contributed by atoms with Crippen LogP contribution in [0.2, 0.25) is 0 Å². The fraction of sp³-hybridized carbons (Fsp3) is 0.333. The summed E-state index contributed by atoms with van der Waals surface area (Å²) in [5, 5.41) is 0. The van der Waals surface area contributed by atoms with Crippen molar-refractivity contribution in [2.24, 2.45) is 0 Å². The molecule has 0 atom stereocenters. The van der Waals surface area contributed by atoms with Crippen molar-refractivity contribution in [2.75, 3.05) is 27.2 Å². The van der Waals surface area contributed by atoms with Gasteiger partial charge in [0.2, 0.25) is 10.0 Å². The van der Waals surface area contributed by atoms with E-state index in [0.717, 1.165) is 23.9 Å². The van der Waals surface area contributed by atoms with Crippen LogP contribution in [0.3, 0.4) is 0 Å². The summed E-state index contributed by atoms with van der Waals surface area (Å²) in [6.07, 6.45) is 1.67. The number of nitrogens with zero attached hydrogens (tertiary/aromatic N) is 3. The van der Waals surface area contributed by atoms with Gasteiger partial charge in [0.1, 0.15) is 16.5 Å². The molecule has 0 radical (unpaired) electrons. The molecule has 0 spiro atoms. The number of fused-ring (bicyclic) bond motifs is 1. The first-order valence-electron chi connectivity index (χ1n) is 9.77. The van der Waals surface area contributed by atoms with Crippen LogP contribution in [0.5, 0.6) is 5.75 Å². The number of hydrogen-bond acceptors (Lipinski definition) is 5. The SMILES string of the molecule is COc1ccc(C(=O)N(C)Cc2nc3ccccc3[nH]2)cc1S(=O)(=O)N1CCCC1. The summed E-state index contributed by atoms with van der Waals surface area (Å²) in [4.78, 5) is 22.2. The third-order valence-electron chi connectivity index (χ3n) is 5.27. The fourth-order valence-electron chi connectivity index (χ4n) is 3.68. The predicted molar refractivity (Wildman–Crippen MR) is 113 cm³/mol. The van der Waals surface area contributed by atoms with Crippen molar-refractivity contribution in [3.05, 3.63) is 53.9 Å². The highest BCUT2D eigenvalue weighted by atomic mass is 32.2. The molecule has 1 amide bonds. The van der Waals surface area contributed by atoms with Crippen LogP contribution < -0.4 is 4.74 Å². The van der Waals surface area contributed by atoms with Crippen LogP contribution in [0, 0.1) is 0 Å². The second-order valence-electron chi connectivity index (χ2n) is 7.34. The maximum Gasteiger partial charge on any atom is 0.254 e. The average Bonchev–Trinajstić information content (AvgIpc) is 3.42. The van der Waals surface area contributed by atoms with Crippen molar-refractivity contribution in [1.82, 2.24) is 19.2 Å². The first-order valence-corrected chi connectivity index (χ1v) is 11.2. The number of benzene rings is 2.